The van der Waals surface area contributed by atoms with E-state index in [9.17, 15) is 4.39 Å². The third kappa shape index (κ3) is 3.54. The van der Waals surface area contributed by atoms with E-state index in [2.05, 4.69) is 20.3 Å². The molecule has 0 aliphatic rings. The van der Waals surface area contributed by atoms with Crippen molar-refractivity contribution in [2.24, 2.45) is 0 Å². The van der Waals surface area contributed by atoms with Crippen molar-refractivity contribution in [1.29, 1.82) is 0 Å². The number of hydrogen-bond donors (Lipinski definition) is 1. The van der Waals surface area contributed by atoms with Gasteiger partial charge in [-0.25, -0.2) is 9.37 Å². The highest BCUT2D eigenvalue weighted by atomic mass is 35.5. The van der Waals surface area contributed by atoms with Crippen molar-refractivity contribution in [2.75, 3.05) is 12.4 Å². The van der Waals surface area contributed by atoms with Crippen LogP contribution in [0.1, 0.15) is 0 Å². The summed E-state index contributed by atoms with van der Waals surface area (Å²) in [5.41, 5.74) is 0.993. The quantitative estimate of drug-likeness (QED) is 0.781. The average Bonchev–Trinajstić information content (AvgIpc) is 2.57. The molecule has 7 heteroatoms. The molecule has 2 aromatic heterocycles. The maximum atomic E-state index is 14.0. The molecule has 23 heavy (non-hydrogen) atoms. The molecule has 0 bridgehead atoms. The van der Waals surface area contributed by atoms with Crippen LogP contribution in [0.4, 0.5) is 15.9 Å². The Labute approximate surface area is 137 Å². The van der Waals surface area contributed by atoms with Gasteiger partial charge in [-0.15, -0.1) is 0 Å². The summed E-state index contributed by atoms with van der Waals surface area (Å²) >= 11 is 5.93. The van der Waals surface area contributed by atoms with Crippen LogP contribution in [0.15, 0.2) is 48.8 Å². The lowest BCUT2D eigenvalue weighted by Crippen LogP contribution is -2.01. The second-order valence-electron chi connectivity index (χ2n) is 4.60. The first-order valence-electron chi connectivity index (χ1n) is 6.71. The lowest BCUT2D eigenvalue weighted by Gasteiger charge is -2.10. The fourth-order valence-corrected chi connectivity index (χ4v) is 2.14. The standard InChI is InChI=1S/C16H12ClFN4O/c1-23-15-9-14(20-11-4-6-19-7-5-11)21-16(22-15)12-8-10(17)2-3-13(12)18/h2-9H,1H3,(H,19,20,21,22). The topological polar surface area (TPSA) is 59.9 Å². The molecule has 0 fully saturated rings. The molecule has 2 heterocycles. The molecular formula is C16H12ClFN4O. The van der Waals surface area contributed by atoms with Gasteiger partial charge in [-0.2, -0.15) is 4.98 Å². The summed E-state index contributed by atoms with van der Waals surface area (Å²) in [5.74, 6) is 0.502. The Balaban J connectivity index is 2.04. The number of halogens is 2. The highest BCUT2D eigenvalue weighted by molar-refractivity contribution is 6.30. The first-order valence-corrected chi connectivity index (χ1v) is 7.09. The van der Waals surface area contributed by atoms with Gasteiger partial charge in [0.15, 0.2) is 5.82 Å². The highest BCUT2D eigenvalue weighted by Gasteiger charge is 2.12. The number of nitrogens with zero attached hydrogens (tertiary/aromatic N) is 3. The van der Waals surface area contributed by atoms with Gasteiger partial charge in [-0.05, 0) is 30.3 Å². The van der Waals surface area contributed by atoms with E-state index in [-0.39, 0.29) is 11.4 Å². The molecule has 0 atom stereocenters. The third-order valence-electron chi connectivity index (χ3n) is 3.03. The van der Waals surface area contributed by atoms with Crippen LogP contribution in [-0.2, 0) is 0 Å². The second kappa shape index (κ2) is 6.58. The smallest absolute Gasteiger partial charge is 0.218 e. The summed E-state index contributed by atoms with van der Waals surface area (Å²) in [4.78, 5) is 12.5. The van der Waals surface area contributed by atoms with E-state index < -0.39 is 5.82 Å². The maximum absolute atomic E-state index is 14.0. The molecule has 0 amide bonds. The molecule has 0 unspecified atom stereocenters. The lowest BCUT2D eigenvalue weighted by molar-refractivity contribution is 0.397. The predicted octanol–water partition coefficient (Wildman–Crippen LogP) is 4.08. The van der Waals surface area contributed by atoms with Gasteiger partial charge in [0.25, 0.3) is 0 Å². The number of nitrogens with one attached hydrogen (secondary N) is 1. The summed E-state index contributed by atoms with van der Waals surface area (Å²) in [6.07, 6.45) is 3.30. The number of benzene rings is 1. The van der Waals surface area contributed by atoms with Crippen molar-refractivity contribution in [1.82, 2.24) is 15.0 Å². The number of methoxy groups -OCH3 is 1. The molecular weight excluding hydrogens is 319 g/mol. The zero-order valence-electron chi connectivity index (χ0n) is 12.1. The minimum absolute atomic E-state index is 0.181. The van der Waals surface area contributed by atoms with Crippen molar-refractivity contribution in [3.8, 4) is 17.3 Å². The molecule has 0 aliphatic carbocycles. The van der Waals surface area contributed by atoms with Crippen LogP contribution >= 0.6 is 11.6 Å². The summed E-state index contributed by atoms with van der Waals surface area (Å²) in [5, 5.41) is 3.50. The number of pyridine rings is 1. The van der Waals surface area contributed by atoms with Crippen molar-refractivity contribution in [3.63, 3.8) is 0 Å². The molecule has 0 spiro atoms. The highest BCUT2D eigenvalue weighted by Crippen LogP contribution is 2.27. The van der Waals surface area contributed by atoms with Crippen LogP contribution in [0, 0.1) is 5.82 Å². The van der Waals surface area contributed by atoms with Gasteiger partial charge in [0.2, 0.25) is 5.88 Å². The summed E-state index contributed by atoms with van der Waals surface area (Å²) in [6, 6.07) is 9.41. The summed E-state index contributed by atoms with van der Waals surface area (Å²) in [6.45, 7) is 0. The first-order chi connectivity index (χ1) is 11.2. The van der Waals surface area contributed by atoms with Crippen LogP contribution in [0.3, 0.4) is 0 Å². The lowest BCUT2D eigenvalue weighted by atomic mass is 10.2. The van der Waals surface area contributed by atoms with Gasteiger partial charge in [0, 0.05) is 29.2 Å². The van der Waals surface area contributed by atoms with Crippen LogP contribution in [-0.4, -0.2) is 22.1 Å². The molecule has 1 aromatic carbocycles. The van der Waals surface area contributed by atoms with E-state index in [1.54, 1.807) is 30.6 Å². The number of aromatic nitrogens is 3. The number of hydrogen-bond acceptors (Lipinski definition) is 5. The molecule has 0 radical (unpaired) electrons. The molecule has 0 saturated heterocycles. The fraction of sp³-hybridized carbons (Fsp3) is 0.0625. The van der Waals surface area contributed by atoms with E-state index >= 15 is 0 Å². The monoisotopic (exact) mass is 330 g/mol. The van der Waals surface area contributed by atoms with Gasteiger partial charge in [-0.3, -0.25) is 4.98 Å². The maximum Gasteiger partial charge on any atom is 0.218 e. The second-order valence-corrected chi connectivity index (χ2v) is 5.04. The SMILES string of the molecule is COc1cc(Nc2ccncc2)nc(-c2cc(Cl)ccc2F)n1. The molecule has 3 rings (SSSR count). The van der Waals surface area contributed by atoms with Crippen molar-refractivity contribution >= 4 is 23.1 Å². The van der Waals surface area contributed by atoms with Crippen LogP contribution in [0.5, 0.6) is 5.88 Å². The largest absolute Gasteiger partial charge is 0.481 e. The van der Waals surface area contributed by atoms with E-state index in [1.807, 2.05) is 0 Å². The zero-order valence-corrected chi connectivity index (χ0v) is 12.9. The summed E-state index contributed by atoms with van der Waals surface area (Å²) in [7, 11) is 1.48. The Hall–Kier alpha value is -2.73. The average molecular weight is 331 g/mol. The molecule has 5 nitrogen and oxygen atoms in total. The van der Waals surface area contributed by atoms with Crippen molar-refractivity contribution in [2.45, 2.75) is 0 Å². The summed E-state index contributed by atoms with van der Waals surface area (Å²) < 4.78 is 19.2. The minimum atomic E-state index is -0.461. The molecule has 0 saturated carbocycles. The van der Waals surface area contributed by atoms with Crippen LogP contribution < -0.4 is 10.1 Å². The molecule has 1 N–H and O–H groups in total. The molecule has 116 valence electrons. The zero-order chi connectivity index (χ0) is 16.2. The first kappa shape index (κ1) is 15.2. The van der Waals surface area contributed by atoms with E-state index in [0.29, 0.717) is 16.7 Å². The van der Waals surface area contributed by atoms with E-state index in [4.69, 9.17) is 16.3 Å². The van der Waals surface area contributed by atoms with Crippen LogP contribution in [0.2, 0.25) is 5.02 Å². The fourth-order valence-electron chi connectivity index (χ4n) is 1.97. The Bertz CT molecular complexity index is 830. The number of anilines is 2. The van der Waals surface area contributed by atoms with Gasteiger partial charge < -0.3 is 10.1 Å². The minimum Gasteiger partial charge on any atom is -0.481 e. The Morgan fingerprint density at radius 2 is 1.87 bits per heavy atom. The van der Waals surface area contributed by atoms with E-state index in [0.717, 1.165) is 5.69 Å². The van der Waals surface area contributed by atoms with Gasteiger partial charge in [0.1, 0.15) is 11.6 Å². The number of rotatable bonds is 4. The van der Waals surface area contributed by atoms with Gasteiger partial charge >= 0.3 is 0 Å². The van der Waals surface area contributed by atoms with Crippen molar-refractivity contribution in [3.05, 3.63) is 59.6 Å². The normalized spacial score (nSPS) is 10.4. The predicted molar refractivity (Wildman–Crippen MR) is 86.5 cm³/mol. The Morgan fingerprint density at radius 3 is 2.61 bits per heavy atom. The molecule has 0 aliphatic heterocycles. The third-order valence-corrected chi connectivity index (χ3v) is 3.27. The van der Waals surface area contributed by atoms with E-state index in [1.165, 1.54) is 25.3 Å². The Kier molecular flexibility index (Phi) is 4.34. The van der Waals surface area contributed by atoms with Gasteiger partial charge in [-0.1, -0.05) is 11.6 Å². The van der Waals surface area contributed by atoms with Crippen molar-refractivity contribution < 1.29 is 9.13 Å². The number of ether oxygens (including phenoxy) is 1. The Morgan fingerprint density at radius 1 is 1.09 bits per heavy atom. The molecule has 3 aromatic rings. The van der Waals surface area contributed by atoms with Crippen LogP contribution in [0.25, 0.3) is 11.4 Å². The van der Waals surface area contributed by atoms with Gasteiger partial charge in [0.05, 0.1) is 12.7 Å².